The van der Waals surface area contributed by atoms with E-state index in [1.165, 1.54) is 0 Å². The molecule has 13 heteroatoms. The summed E-state index contributed by atoms with van der Waals surface area (Å²) in [5.74, 6) is -1.20. The molecule has 8 heterocycles. The molecule has 12 unspecified atom stereocenters. The lowest BCUT2D eigenvalue weighted by Gasteiger charge is -2.49. The Labute approximate surface area is 320 Å². The fraction of sp³-hybridized carbons (Fsp3) is 0.872. The molecule has 8 rings (SSSR count). The predicted octanol–water partition coefficient (Wildman–Crippen LogP) is 4.57. The van der Waals surface area contributed by atoms with E-state index in [0.29, 0.717) is 32.1 Å². The van der Waals surface area contributed by atoms with E-state index in [-0.39, 0.29) is 102 Å². The zero-order valence-corrected chi connectivity index (χ0v) is 32.4. The first-order valence-corrected chi connectivity index (χ1v) is 21.0. The first kappa shape index (κ1) is 38.3. The lowest BCUT2D eigenvalue weighted by molar-refractivity contribution is -0.274. The van der Waals surface area contributed by atoms with Gasteiger partial charge in [0.05, 0.1) is 65.0 Å². The van der Waals surface area contributed by atoms with Gasteiger partial charge in [-0.2, -0.15) is 0 Å². The molecular weight excluding hydrogens is 788 g/mol. The fourth-order valence-electron chi connectivity index (χ4n) is 10.5. The van der Waals surface area contributed by atoms with E-state index in [4.69, 9.17) is 43.6 Å². The number of halogens is 2. The Morgan fingerprint density at radius 1 is 0.885 bits per heavy atom. The Balaban J connectivity index is 1.06. The summed E-state index contributed by atoms with van der Waals surface area (Å²) >= 11 is 2.38. The van der Waals surface area contributed by atoms with E-state index in [0.717, 1.165) is 49.7 Å². The van der Waals surface area contributed by atoms with Gasteiger partial charge in [0.25, 0.3) is 0 Å². The number of Topliss-reactive ketones (excluding diaryl/α,β-unsaturated/α-hetero) is 1. The predicted molar refractivity (Wildman–Crippen MR) is 196 cm³/mol. The van der Waals surface area contributed by atoms with Crippen LogP contribution in [0.3, 0.4) is 0 Å². The van der Waals surface area contributed by atoms with Crippen LogP contribution in [0.25, 0.3) is 0 Å². The summed E-state index contributed by atoms with van der Waals surface area (Å²) in [6.45, 7) is 8.65. The molecule has 0 aromatic heterocycles. The van der Waals surface area contributed by atoms with Crippen LogP contribution in [0.2, 0.25) is 0 Å². The van der Waals surface area contributed by atoms with Crippen LogP contribution in [0.1, 0.15) is 89.9 Å². The molecule has 1 spiro atoms. The lowest BCUT2D eigenvalue weighted by Crippen LogP contribution is -2.63. The van der Waals surface area contributed by atoms with Crippen LogP contribution in [0.5, 0.6) is 0 Å². The number of hydrogen-bond acceptors (Lipinski definition) is 11. The number of hydrogen-bond donors (Lipinski definition) is 2. The molecule has 52 heavy (non-hydrogen) atoms. The highest BCUT2D eigenvalue weighted by Gasteiger charge is 2.62. The molecule has 10 bridgehead atoms. The summed E-state index contributed by atoms with van der Waals surface area (Å²) in [6, 6.07) is 0. The third-order valence-electron chi connectivity index (χ3n) is 13.2. The van der Waals surface area contributed by atoms with E-state index < -0.39 is 36.4 Å². The Hall–Kier alpha value is -0.590. The van der Waals surface area contributed by atoms with Crippen molar-refractivity contribution < 1.29 is 52.2 Å². The van der Waals surface area contributed by atoms with Crippen molar-refractivity contribution in [2.24, 2.45) is 11.7 Å². The highest BCUT2D eigenvalue weighted by molar-refractivity contribution is 14.1. The van der Waals surface area contributed by atoms with Crippen molar-refractivity contribution in [3.63, 3.8) is 0 Å². The number of ketones is 1. The monoisotopic (exact) mass is 845 g/mol. The fourth-order valence-corrected chi connectivity index (χ4v) is 11.6. The summed E-state index contributed by atoms with van der Waals surface area (Å²) in [5, 5.41) is 11.2. The van der Waals surface area contributed by atoms with Gasteiger partial charge in [0.15, 0.2) is 5.79 Å². The third kappa shape index (κ3) is 7.60. The molecular formula is C39H57FINO10. The van der Waals surface area contributed by atoms with Gasteiger partial charge in [-0.3, -0.25) is 4.79 Å². The molecule has 18 atom stereocenters. The summed E-state index contributed by atoms with van der Waals surface area (Å²) in [4.78, 5) is 14.0. The minimum absolute atomic E-state index is 0.0161. The Morgan fingerprint density at radius 2 is 1.65 bits per heavy atom. The molecule has 8 fully saturated rings. The molecule has 0 amide bonds. The maximum Gasteiger partial charge on any atom is 0.172 e. The smallest absolute Gasteiger partial charge is 0.172 e. The molecule has 292 valence electrons. The lowest BCUT2D eigenvalue weighted by atomic mass is 9.83. The molecule has 0 aliphatic carbocycles. The molecule has 0 aromatic rings. The standard InChI is InChI=1S/C39H57FINO10/c1-19-4-5-23-6-8-28-20(2)12-25(47-28)10-11-39-17-27(44)35(51-39)37-33(41)38(52-39)36-29(50-37)9-7-24(48-36)14-22(43)15-26-31(16-30(19)46-23)49-32(34(26)45-3)13-21(40)18-42/h21,23-38,44H,1-2,4-18,42H2,3H3/t21-,23?,24?,25?,26?,27?,28?,29?,30?,31+,32?,33?,34-,35?,36+,37-,38?,39+/m1/s1. The van der Waals surface area contributed by atoms with Crippen molar-refractivity contribution in [1.29, 1.82) is 0 Å². The first-order chi connectivity index (χ1) is 25.0. The maximum absolute atomic E-state index is 14.7. The van der Waals surface area contributed by atoms with Crippen molar-refractivity contribution in [1.82, 2.24) is 0 Å². The van der Waals surface area contributed by atoms with E-state index in [1.54, 1.807) is 7.11 Å². The number of nitrogens with two attached hydrogens (primary N) is 1. The molecule has 3 N–H and O–H groups in total. The largest absolute Gasteiger partial charge is 0.390 e. The van der Waals surface area contributed by atoms with Crippen molar-refractivity contribution in [3.05, 3.63) is 24.3 Å². The average molecular weight is 846 g/mol. The van der Waals surface area contributed by atoms with Gasteiger partial charge >= 0.3 is 0 Å². The van der Waals surface area contributed by atoms with E-state index >= 15 is 0 Å². The molecule has 8 aliphatic rings. The zero-order chi connectivity index (χ0) is 36.3. The Kier molecular flexibility index (Phi) is 11.6. The summed E-state index contributed by atoms with van der Waals surface area (Å²) in [6.07, 6.45) is 2.66. The number of methoxy groups -OCH3 is 1. The maximum atomic E-state index is 14.7. The number of aliphatic hydroxyl groups is 1. The van der Waals surface area contributed by atoms with Crippen LogP contribution in [0.15, 0.2) is 24.3 Å². The van der Waals surface area contributed by atoms with Crippen molar-refractivity contribution in [2.75, 3.05) is 13.7 Å². The van der Waals surface area contributed by atoms with Gasteiger partial charge in [-0.15, -0.1) is 0 Å². The molecule has 0 aromatic carbocycles. The number of ether oxygens (including phenoxy) is 8. The zero-order valence-electron chi connectivity index (χ0n) is 30.3. The van der Waals surface area contributed by atoms with Gasteiger partial charge in [0.2, 0.25) is 0 Å². The van der Waals surface area contributed by atoms with E-state index in [2.05, 4.69) is 35.7 Å². The highest BCUT2D eigenvalue weighted by Crippen LogP contribution is 2.51. The summed E-state index contributed by atoms with van der Waals surface area (Å²) < 4.78 is 67.4. The average Bonchev–Trinajstić information content (AvgIpc) is 3.74. The van der Waals surface area contributed by atoms with Crippen LogP contribution in [0.4, 0.5) is 4.39 Å². The number of rotatable bonds is 4. The number of carbonyl (C=O) groups excluding carboxylic acids is 1. The van der Waals surface area contributed by atoms with Gasteiger partial charge in [-0.1, -0.05) is 35.7 Å². The number of alkyl halides is 2. The van der Waals surface area contributed by atoms with Crippen LogP contribution < -0.4 is 5.73 Å². The summed E-state index contributed by atoms with van der Waals surface area (Å²) in [5.41, 5.74) is 7.78. The number of fused-ring (bicyclic) bond motifs is 9. The minimum atomic E-state index is -1.23. The highest BCUT2D eigenvalue weighted by atomic mass is 127. The summed E-state index contributed by atoms with van der Waals surface area (Å²) in [7, 11) is 1.61. The molecule has 0 radical (unpaired) electrons. The second-order valence-electron chi connectivity index (χ2n) is 16.7. The van der Waals surface area contributed by atoms with E-state index in [1.807, 2.05) is 0 Å². The number of aliphatic hydroxyl groups excluding tert-OH is 1. The van der Waals surface area contributed by atoms with Crippen LogP contribution >= 0.6 is 22.6 Å². The van der Waals surface area contributed by atoms with Crippen molar-refractivity contribution in [2.45, 2.75) is 191 Å². The third-order valence-corrected chi connectivity index (χ3v) is 14.6. The van der Waals surface area contributed by atoms with Crippen LogP contribution in [-0.2, 0) is 42.7 Å². The quantitative estimate of drug-likeness (QED) is 0.234. The van der Waals surface area contributed by atoms with Gasteiger partial charge in [0, 0.05) is 58.1 Å². The van der Waals surface area contributed by atoms with Crippen LogP contribution in [0, 0.1) is 5.92 Å². The van der Waals surface area contributed by atoms with Crippen molar-refractivity contribution in [3.8, 4) is 0 Å². The SMILES string of the molecule is C=C1CC2CC[C@]34CC(O)C(O3)[C@@H]3OC5CCC(CC(=O)CC6[C@@H](OC)C(C[C@@H](F)CN)O[C@H]6CC6OC(CCC6=C)CCC1O2)O[C@@H]5C(O4)C3I. The topological polar surface area (TPSA) is 137 Å². The van der Waals surface area contributed by atoms with Crippen molar-refractivity contribution >= 4 is 28.4 Å². The second-order valence-corrected chi connectivity index (χ2v) is 18.2. The van der Waals surface area contributed by atoms with Gasteiger partial charge in [0.1, 0.15) is 36.4 Å². The minimum Gasteiger partial charge on any atom is -0.390 e. The number of carbonyl (C=O) groups is 1. The molecule has 8 saturated heterocycles. The molecule has 0 saturated carbocycles. The molecule has 8 aliphatic heterocycles. The van der Waals surface area contributed by atoms with E-state index in [9.17, 15) is 14.3 Å². The Morgan fingerprint density at radius 3 is 2.46 bits per heavy atom. The molecule has 11 nitrogen and oxygen atoms in total. The normalized spacial score (nSPS) is 50.4. The Bertz CT molecular complexity index is 1340. The van der Waals surface area contributed by atoms with Gasteiger partial charge in [-0.25, -0.2) is 4.39 Å². The van der Waals surface area contributed by atoms with Crippen LogP contribution in [-0.4, -0.2) is 126 Å². The van der Waals surface area contributed by atoms with Gasteiger partial charge in [-0.05, 0) is 62.5 Å². The first-order valence-electron chi connectivity index (χ1n) is 19.7. The van der Waals surface area contributed by atoms with Gasteiger partial charge < -0.3 is 48.7 Å². The second kappa shape index (κ2) is 15.7.